The maximum atomic E-state index is 12.1. The molecule has 96 valence electrons. The van der Waals surface area contributed by atoms with Crippen LogP contribution in [0, 0.1) is 6.92 Å². The second kappa shape index (κ2) is 5.36. The first kappa shape index (κ1) is 13.5. The fourth-order valence-corrected chi connectivity index (χ4v) is 5.41. The average Bonchev–Trinajstić information content (AvgIpc) is 2.85. The molecule has 17 heavy (non-hydrogen) atoms. The average molecular weight is 339 g/mol. The normalized spacial score (nSPS) is 20.9. The molecule has 1 unspecified atom stereocenters. The van der Waals surface area contributed by atoms with Gasteiger partial charge in [-0.3, -0.25) is 0 Å². The van der Waals surface area contributed by atoms with Gasteiger partial charge in [-0.1, -0.05) is 0 Å². The molecule has 7 heteroatoms. The fraction of sp³-hybridized carbons (Fsp3) is 0.600. The molecule has 0 aromatic carbocycles. The summed E-state index contributed by atoms with van der Waals surface area (Å²) in [5.74, 6) is 0. The second-order valence-electron chi connectivity index (χ2n) is 4.12. The minimum absolute atomic E-state index is 0.271. The van der Waals surface area contributed by atoms with Crippen molar-refractivity contribution in [3.05, 3.63) is 14.7 Å². The van der Waals surface area contributed by atoms with Crippen LogP contribution in [0.25, 0.3) is 0 Å². The quantitative estimate of drug-likeness (QED) is 0.880. The zero-order valence-corrected chi connectivity index (χ0v) is 12.7. The van der Waals surface area contributed by atoms with Crippen LogP contribution >= 0.6 is 27.3 Å². The molecule has 1 atom stereocenters. The highest BCUT2D eigenvalue weighted by atomic mass is 79.9. The molecule has 1 saturated heterocycles. The number of aryl methyl sites for hydroxylation is 1. The number of thiophene rings is 1. The highest BCUT2D eigenvalue weighted by Gasteiger charge is 2.22. The predicted octanol–water partition coefficient (Wildman–Crippen LogP) is 1.85. The Morgan fingerprint density at radius 2 is 2.41 bits per heavy atom. The van der Waals surface area contributed by atoms with Gasteiger partial charge < -0.3 is 5.32 Å². The molecular formula is C10H15BrN2O2S2. The maximum Gasteiger partial charge on any atom is 0.241 e. The summed E-state index contributed by atoms with van der Waals surface area (Å²) >= 11 is 4.74. The van der Waals surface area contributed by atoms with Crippen molar-refractivity contribution in [2.45, 2.75) is 30.7 Å². The lowest BCUT2D eigenvalue weighted by molar-refractivity contribution is 0.551. The Bertz CT molecular complexity index is 492. The highest BCUT2D eigenvalue weighted by Crippen LogP contribution is 2.29. The largest absolute Gasteiger partial charge is 0.313 e. The summed E-state index contributed by atoms with van der Waals surface area (Å²) < 4.78 is 27.6. The lowest BCUT2D eigenvalue weighted by Gasteiger charge is -2.11. The first-order chi connectivity index (χ1) is 7.99. The zero-order chi connectivity index (χ0) is 12.5. The van der Waals surface area contributed by atoms with Gasteiger partial charge in [0, 0.05) is 17.5 Å². The number of hydrogen-bond acceptors (Lipinski definition) is 4. The van der Waals surface area contributed by atoms with Crippen LogP contribution in [-0.4, -0.2) is 27.5 Å². The van der Waals surface area contributed by atoms with Gasteiger partial charge in [-0.05, 0) is 48.3 Å². The van der Waals surface area contributed by atoms with E-state index in [2.05, 4.69) is 26.0 Å². The summed E-state index contributed by atoms with van der Waals surface area (Å²) in [4.78, 5) is 1.19. The molecule has 0 spiro atoms. The molecule has 2 rings (SSSR count). The number of sulfonamides is 1. The van der Waals surface area contributed by atoms with Gasteiger partial charge in [0.1, 0.15) is 0 Å². The van der Waals surface area contributed by atoms with Crippen LogP contribution in [0.5, 0.6) is 0 Å². The van der Waals surface area contributed by atoms with Crippen molar-refractivity contribution in [2.24, 2.45) is 0 Å². The summed E-state index contributed by atoms with van der Waals surface area (Å²) in [6.45, 7) is 3.27. The van der Waals surface area contributed by atoms with Crippen LogP contribution in [-0.2, 0) is 10.0 Å². The summed E-state index contributed by atoms with van der Waals surface area (Å²) in [5, 5.41) is 3.27. The number of hydrogen-bond donors (Lipinski definition) is 2. The molecule has 0 aliphatic carbocycles. The van der Waals surface area contributed by atoms with E-state index in [1.54, 1.807) is 6.07 Å². The summed E-state index contributed by atoms with van der Waals surface area (Å²) in [7, 11) is -3.37. The molecule has 0 saturated carbocycles. The molecule has 0 bridgehead atoms. The van der Waals surface area contributed by atoms with Gasteiger partial charge in [-0.15, -0.1) is 11.3 Å². The molecule has 0 amide bonds. The molecular weight excluding hydrogens is 324 g/mol. The van der Waals surface area contributed by atoms with Gasteiger partial charge in [0.25, 0.3) is 0 Å². The van der Waals surface area contributed by atoms with Crippen molar-refractivity contribution >= 4 is 37.3 Å². The number of halogens is 1. The van der Waals surface area contributed by atoms with Crippen LogP contribution in [0.15, 0.2) is 14.7 Å². The Balaban J connectivity index is 2.05. The van der Waals surface area contributed by atoms with Crippen molar-refractivity contribution in [3.8, 4) is 0 Å². The van der Waals surface area contributed by atoms with Gasteiger partial charge in [0.15, 0.2) is 0 Å². The lowest BCUT2D eigenvalue weighted by Crippen LogP contribution is -2.37. The van der Waals surface area contributed by atoms with E-state index in [0.29, 0.717) is 11.4 Å². The minimum atomic E-state index is -3.37. The summed E-state index contributed by atoms with van der Waals surface area (Å²) in [6, 6.07) is 1.93. The van der Waals surface area contributed by atoms with E-state index in [-0.39, 0.29) is 6.04 Å². The van der Waals surface area contributed by atoms with Crippen LogP contribution in [0.3, 0.4) is 0 Å². The van der Waals surface area contributed by atoms with Crippen LogP contribution in [0.2, 0.25) is 0 Å². The van der Waals surface area contributed by atoms with Crippen LogP contribution < -0.4 is 10.0 Å². The molecule has 1 aliphatic rings. The second-order valence-corrected chi connectivity index (χ2v) is 8.49. The molecule has 1 aliphatic heterocycles. The Labute approximate surface area is 114 Å². The van der Waals surface area contributed by atoms with E-state index in [1.807, 2.05) is 6.92 Å². The Morgan fingerprint density at radius 3 is 2.94 bits per heavy atom. The third-order valence-corrected chi connectivity index (χ3v) is 6.05. The molecule has 0 radical (unpaired) electrons. The smallest absolute Gasteiger partial charge is 0.241 e. The highest BCUT2D eigenvalue weighted by molar-refractivity contribution is 9.11. The van der Waals surface area contributed by atoms with Gasteiger partial charge >= 0.3 is 0 Å². The predicted molar refractivity (Wildman–Crippen MR) is 73.0 cm³/mol. The van der Waals surface area contributed by atoms with E-state index in [4.69, 9.17) is 0 Å². The topological polar surface area (TPSA) is 58.2 Å². The number of nitrogens with one attached hydrogen (secondary N) is 2. The maximum absolute atomic E-state index is 12.1. The van der Waals surface area contributed by atoms with E-state index in [1.165, 1.54) is 11.3 Å². The van der Waals surface area contributed by atoms with E-state index >= 15 is 0 Å². The fourth-order valence-electron chi connectivity index (χ4n) is 1.92. The lowest BCUT2D eigenvalue weighted by atomic mass is 10.2. The van der Waals surface area contributed by atoms with Crippen molar-refractivity contribution < 1.29 is 8.42 Å². The molecule has 1 fully saturated rings. The Morgan fingerprint density at radius 1 is 1.65 bits per heavy atom. The number of rotatable bonds is 4. The van der Waals surface area contributed by atoms with Gasteiger partial charge in [0.05, 0.1) is 8.68 Å². The standard InChI is InChI=1S/C10H15BrN2O2S2/c1-7-9(5-10(11)16-7)17(14,15)13-6-8-3-2-4-12-8/h5,8,12-13H,2-4,6H2,1H3. The summed E-state index contributed by atoms with van der Waals surface area (Å²) in [5.41, 5.74) is 0. The van der Waals surface area contributed by atoms with Crippen LogP contribution in [0.4, 0.5) is 0 Å². The van der Waals surface area contributed by atoms with Crippen molar-refractivity contribution in [2.75, 3.05) is 13.1 Å². The van der Waals surface area contributed by atoms with Gasteiger partial charge in [0.2, 0.25) is 10.0 Å². The molecule has 2 heterocycles. The third-order valence-electron chi connectivity index (χ3n) is 2.81. The Hall–Kier alpha value is 0.0500. The van der Waals surface area contributed by atoms with Crippen LogP contribution in [0.1, 0.15) is 17.7 Å². The molecule has 1 aromatic rings. The summed E-state index contributed by atoms with van der Waals surface area (Å²) in [6.07, 6.45) is 2.16. The monoisotopic (exact) mass is 338 g/mol. The third kappa shape index (κ3) is 3.29. The SMILES string of the molecule is Cc1sc(Br)cc1S(=O)(=O)NCC1CCCN1. The molecule has 4 nitrogen and oxygen atoms in total. The van der Waals surface area contributed by atoms with Crippen molar-refractivity contribution in [3.63, 3.8) is 0 Å². The van der Waals surface area contributed by atoms with E-state index in [0.717, 1.165) is 28.0 Å². The molecule has 2 N–H and O–H groups in total. The van der Waals surface area contributed by atoms with E-state index in [9.17, 15) is 8.42 Å². The van der Waals surface area contributed by atoms with Gasteiger partial charge in [-0.25, -0.2) is 13.1 Å². The van der Waals surface area contributed by atoms with Crippen molar-refractivity contribution in [1.82, 2.24) is 10.0 Å². The first-order valence-electron chi connectivity index (χ1n) is 5.48. The minimum Gasteiger partial charge on any atom is -0.313 e. The van der Waals surface area contributed by atoms with Crippen molar-refractivity contribution in [1.29, 1.82) is 0 Å². The first-order valence-corrected chi connectivity index (χ1v) is 8.57. The molecule has 1 aromatic heterocycles. The Kier molecular flexibility index (Phi) is 4.25. The van der Waals surface area contributed by atoms with E-state index < -0.39 is 10.0 Å². The van der Waals surface area contributed by atoms with Gasteiger partial charge in [-0.2, -0.15) is 0 Å². The zero-order valence-electron chi connectivity index (χ0n) is 9.49.